The first-order chi connectivity index (χ1) is 14.1. The summed E-state index contributed by atoms with van der Waals surface area (Å²) in [4.78, 5) is 13.9. The first-order valence-corrected chi connectivity index (χ1v) is 12.1. The number of thiophene rings is 1. The number of hydrogen-bond acceptors (Lipinski definition) is 5. The fourth-order valence-corrected chi connectivity index (χ4v) is 5.54. The van der Waals surface area contributed by atoms with Gasteiger partial charge in [-0.25, -0.2) is 0 Å². The second-order valence-corrected chi connectivity index (χ2v) is 9.61. The molecule has 3 rings (SSSR count). The number of nitrogens with zero attached hydrogens (tertiary/aromatic N) is 4. The number of piperidine rings is 1. The first-order valence-electron chi connectivity index (χ1n) is 11.3. The largest absolute Gasteiger partial charge is 0.357 e. The molecule has 2 N–H and O–H groups in total. The van der Waals surface area contributed by atoms with Gasteiger partial charge in [-0.1, -0.05) is 6.07 Å². The van der Waals surface area contributed by atoms with E-state index in [0.717, 1.165) is 51.8 Å². The van der Waals surface area contributed by atoms with Crippen LogP contribution in [0.2, 0.25) is 0 Å². The molecule has 3 heterocycles. The maximum absolute atomic E-state index is 4.93. The highest BCUT2D eigenvalue weighted by Gasteiger charge is 2.31. The van der Waals surface area contributed by atoms with Crippen molar-refractivity contribution in [3.8, 4) is 0 Å². The number of aliphatic imine (C=N–C) groups is 1. The molecule has 0 aromatic carbocycles. The zero-order valence-corrected chi connectivity index (χ0v) is 22.3. The summed E-state index contributed by atoms with van der Waals surface area (Å²) >= 11 is 1.89. The van der Waals surface area contributed by atoms with E-state index in [4.69, 9.17) is 4.99 Å². The zero-order chi connectivity index (χ0) is 20.6. The van der Waals surface area contributed by atoms with E-state index in [1.54, 1.807) is 0 Å². The van der Waals surface area contributed by atoms with Crippen LogP contribution in [-0.4, -0.2) is 93.2 Å². The third kappa shape index (κ3) is 7.32. The molecule has 2 aliphatic rings. The van der Waals surface area contributed by atoms with Gasteiger partial charge in [0.1, 0.15) is 0 Å². The van der Waals surface area contributed by atoms with Gasteiger partial charge in [0.2, 0.25) is 0 Å². The number of guanidine groups is 1. The van der Waals surface area contributed by atoms with Gasteiger partial charge in [0, 0.05) is 56.2 Å². The molecular weight excluding hydrogens is 507 g/mol. The van der Waals surface area contributed by atoms with Crippen molar-refractivity contribution in [2.75, 3.05) is 66.5 Å². The van der Waals surface area contributed by atoms with Gasteiger partial charge in [-0.05, 0) is 64.7 Å². The minimum atomic E-state index is 0. The molecule has 0 amide bonds. The Labute approximate surface area is 204 Å². The highest BCUT2D eigenvalue weighted by atomic mass is 127. The molecule has 1 aromatic rings. The average Bonchev–Trinajstić information content (AvgIpc) is 3.24. The second kappa shape index (κ2) is 13.2. The van der Waals surface area contributed by atoms with E-state index in [-0.39, 0.29) is 24.0 Å². The molecule has 0 radical (unpaired) electrons. The Morgan fingerprint density at radius 3 is 2.63 bits per heavy atom. The van der Waals surface area contributed by atoms with Gasteiger partial charge < -0.3 is 15.5 Å². The molecule has 6 nitrogen and oxygen atoms in total. The van der Waals surface area contributed by atoms with Crippen molar-refractivity contribution in [3.05, 3.63) is 22.4 Å². The number of rotatable bonds is 7. The standard InChI is InChI=1S/C22H40N6S.HI/c1-5-23-22(24-16-18(2)28-13-11-26(3)12-14-28)25-17-19-8-6-10-27(4)21(19)20-9-7-15-29-20;/h7,9,15,18-19,21H,5-6,8,10-14,16-17H2,1-4H3,(H2,23,24,25);1H. The van der Waals surface area contributed by atoms with Gasteiger partial charge in [-0.15, -0.1) is 35.3 Å². The molecule has 3 atom stereocenters. The summed E-state index contributed by atoms with van der Waals surface area (Å²) in [5, 5.41) is 9.31. The Kier molecular flexibility index (Phi) is 11.4. The van der Waals surface area contributed by atoms with Gasteiger partial charge in [0.15, 0.2) is 5.96 Å². The van der Waals surface area contributed by atoms with Crippen LogP contribution in [0.5, 0.6) is 0 Å². The summed E-state index contributed by atoms with van der Waals surface area (Å²) in [6.07, 6.45) is 2.55. The van der Waals surface area contributed by atoms with Gasteiger partial charge >= 0.3 is 0 Å². The van der Waals surface area contributed by atoms with Crippen LogP contribution in [0.15, 0.2) is 22.5 Å². The normalized spacial score (nSPS) is 25.5. The molecule has 8 heteroatoms. The molecule has 0 bridgehead atoms. The van der Waals surface area contributed by atoms with E-state index in [1.807, 2.05) is 11.3 Å². The van der Waals surface area contributed by atoms with Crippen molar-refractivity contribution < 1.29 is 0 Å². The molecule has 172 valence electrons. The third-order valence-corrected chi connectivity index (χ3v) is 7.34. The minimum absolute atomic E-state index is 0. The molecule has 0 aliphatic carbocycles. The fraction of sp³-hybridized carbons (Fsp3) is 0.773. The summed E-state index contributed by atoms with van der Waals surface area (Å²) in [6.45, 7) is 13.0. The van der Waals surface area contributed by atoms with Crippen LogP contribution in [0, 0.1) is 5.92 Å². The maximum atomic E-state index is 4.93. The lowest BCUT2D eigenvalue weighted by Crippen LogP contribution is -2.49. The molecule has 1 aromatic heterocycles. The topological polar surface area (TPSA) is 46.1 Å². The number of hydrogen-bond donors (Lipinski definition) is 2. The van der Waals surface area contributed by atoms with Crippen LogP contribution >= 0.6 is 35.3 Å². The number of likely N-dealkylation sites (N-methyl/N-ethyl adjacent to an activating group) is 1. The van der Waals surface area contributed by atoms with Gasteiger partial charge in [0.25, 0.3) is 0 Å². The second-order valence-electron chi connectivity index (χ2n) is 8.63. The van der Waals surface area contributed by atoms with Crippen LogP contribution in [0.3, 0.4) is 0 Å². The fourth-order valence-electron chi connectivity index (χ4n) is 4.55. The van der Waals surface area contributed by atoms with Gasteiger partial charge in [-0.2, -0.15) is 0 Å². The van der Waals surface area contributed by atoms with E-state index in [9.17, 15) is 0 Å². The first kappa shape index (κ1) is 25.8. The van der Waals surface area contributed by atoms with Crippen molar-refractivity contribution in [3.63, 3.8) is 0 Å². The molecule has 2 aliphatic heterocycles. The van der Waals surface area contributed by atoms with Crippen LogP contribution in [0.1, 0.15) is 37.6 Å². The Bertz CT molecular complexity index is 617. The highest BCUT2D eigenvalue weighted by Crippen LogP contribution is 2.36. The molecule has 30 heavy (non-hydrogen) atoms. The smallest absolute Gasteiger partial charge is 0.191 e. The van der Waals surface area contributed by atoms with E-state index in [1.165, 1.54) is 24.3 Å². The Morgan fingerprint density at radius 2 is 1.97 bits per heavy atom. The van der Waals surface area contributed by atoms with E-state index >= 15 is 0 Å². The lowest BCUT2D eigenvalue weighted by Gasteiger charge is -2.39. The molecule has 0 spiro atoms. The molecule has 3 unspecified atom stereocenters. The van der Waals surface area contributed by atoms with Crippen LogP contribution in [0.25, 0.3) is 0 Å². The Balaban J connectivity index is 0.00000320. The van der Waals surface area contributed by atoms with Crippen molar-refractivity contribution in [1.82, 2.24) is 25.3 Å². The molecule has 0 saturated carbocycles. The zero-order valence-electron chi connectivity index (χ0n) is 19.1. The summed E-state index contributed by atoms with van der Waals surface area (Å²) in [5.41, 5.74) is 0. The Hall–Kier alpha value is -0.420. The lowest BCUT2D eigenvalue weighted by atomic mass is 9.88. The lowest BCUT2D eigenvalue weighted by molar-refractivity contribution is 0.121. The number of nitrogens with one attached hydrogen (secondary N) is 2. The van der Waals surface area contributed by atoms with Gasteiger partial charge in [0.05, 0.1) is 6.54 Å². The number of piperazine rings is 1. The average molecular weight is 549 g/mol. The van der Waals surface area contributed by atoms with Crippen LogP contribution in [0.4, 0.5) is 0 Å². The summed E-state index contributed by atoms with van der Waals surface area (Å²) in [7, 11) is 4.48. The monoisotopic (exact) mass is 548 g/mol. The highest BCUT2D eigenvalue weighted by molar-refractivity contribution is 14.0. The predicted octanol–water partition coefficient (Wildman–Crippen LogP) is 2.94. The van der Waals surface area contributed by atoms with E-state index in [2.05, 4.69) is 70.8 Å². The Morgan fingerprint density at radius 1 is 1.20 bits per heavy atom. The van der Waals surface area contributed by atoms with Crippen molar-refractivity contribution >= 4 is 41.3 Å². The number of halogens is 1. The molecule has 2 fully saturated rings. The summed E-state index contributed by atoms with van der Waals surface area (Å²) in [6, 6.07) is 5.47. The molecule has 2 saturated heterocycles. The van der Waals surface area contributed by atoms with Crippen LogP contribution < -0.4 is 10.6 Å². The van der Waals surface area contributed by atoms with Gasteiger partial charge in [-0.3, -0.25) is 14.8 Å². The van der Waals surface area contributed by atoms with Crippen molar-refractivity contribution in [2.45, 2.75) is 38.8 Å². The quantitative estimate of drug-likeness (QED) is 0.312. The van der Waals surface area contributed by atoms with E-state index in [0.29, 0.717) is 18.0 Å². The summed E-state index contributed by atoms with van der Waals surface area (Å²) in [5.74, 6) is 1.58. The predicted molar refractivity (Wildman–Crippen MR) is 140 cm³/mol. The van der Waals surface area contributed by atoms with Crippen LogP contribution in [-0.2, 0) is 0 Å². The number of likely N-dealkylation sites (tertiary alicyclic amines) is 1. The van der Waals surface area contributed by atoms with Crippen molar-refractivity contribution in [2.24, 2.45) is 10.9 Å². The molecular formula is C22H41IN6S. The summed E-state index contributed by atoms with van der Waals surface area (Å²) < 4.78 is 0. The maximum Gasteiger partial charge on any atom is 0.191 e. The third-order valence-electron chi connectivity index (χ3n) is 6.39. The van der Waals surface area contributed by atoms with Crippen molar-refractivity contribution in [1.29, 1.82) is 0 Å². The SMILES string of the molecule is CCNC(=NCC(C)N1CCN(C)CC1)NCC1CCCN(C)C1c1cccs1.I. The van der Waals surface area contributed by atoms with E-state index < -0.39 is 0 Å². The minimum Gasteiger partial charge on any atom is -0.357 e.